The minimum absolute atomic E-state index is 0. The van der Waals surface area contributed by atoms with Gasteiger partial charge >= 0.3 is 21.7 Å². The van der Waals surface area contributed by atoms with Crippen LogP contribution in [0.25, 0.3) is 27.1 Å². The van der Waals surface area contributed by atoms with Crippen molar-refractivity contribution in [3.8, 4) is 0 Å². The van der Waals surface area contributed by atoms with E-state index in [1.807, 2.05) is 0 Å². The van der Waals surface area contributed by atoms with Gasteiger partial charge in [-0.05, 0) is 17.6 Å². The summed E-state index contributed by atoms with van der Waals surface area (Å²) in [4.78, 5) is 0. The topological polar surface area (TPSA) is 0 Å². The summed E-state index contributed by atoms with van der Waals surface area (Å²) in [6.07, 6.45) is 7.67. The fourth-order valence-corrected chi connectivity index (χ4v) is 8.11. The monoisotopic (exact) mass is 423 g/mol. The number of halogens is 3. The zero-order chi connectivity index (χ0) is 14.2. The molecule has 1 aliphatic heterocycles. The van der Waals surface area contributed by atoms with Crippen LogP contribution in [-0.2, 0) is 21.7 Å². The number of rotatable bonds is 1. The maximum absolute atomic E-state index is 6.92. The Morgan fingerprint density at radius 3 is 2.54 bits per heavy atom. The molecule has 0 saturated carbocycles. The first-order valence-corrected chi connectivity index (χ1v) is 10.9. The van der Waals surface area contributed by atoms with Crippen LogP contribution in [0, 0.1) is 0 Å². The summed E-state index contributed by atoms with van der Waals surface area (Å²) in [6, 6.07) is 13.4. The van der Waals surface area contributed by atoms with E-state index in [9.17, 15) is 0 Å². The first-order chi connectivity index (χ1) is 10.2. The molecule has 0 nitrogen and oxygen atoms in total. The van der Waals surface area contributed by atoms with Gasteiger partial charge in [0.2, 0.25) is 0 Å². The van der Waals surface area contributed by atoms with Crippen LogP contribution in [0.15, 0.2) is 54.6 Å². The van der Waals surface area contributed by atoms with Crippen molar-refractivity contribution >= 4 is 56.0 Å². The number of fused-ring (bicyclic) bond motifs is 5. The molecule has 0 aromatic heterocycles. The van der Waals surface area contributed by atoms with Crippen LogP contribution < -0.4 is 35.2 Å². The van der Waals surface area contributed by atoms with E-state index < -0.39 is 7.38 Å². The van der Waals surface area contributed by atoms with E-state index >= 15 is 0 Å². The standard InChI is InChI=1S/C19H14ClSi.2ClH.Ti/c1-21(20)18-15(12-6-2-3-7-12)11-16-14-9-5-4-8-13(14)10-17(16)19(18)21;;;/h2-6,8-11H,7H2,1H3;2*1H;/q-1;;;+3/p-2. The summed E-state index contributed by atoms with van der Waals surface area (Å²) in [5.41, 5.74) is 2.83. The quantitative estimate of drug-likeness (QED) is 0.248. The molecule has 3 aromatic rings. The Balaban J connectivity index is 0.000000694. The first kappa shape index (κ1) is 19.9. The van der Waals surface area contributed by atoms with Crippen molar-refractivity contribution in [2.24, 2.45) is 0 Å². The molecule has 1 aliphatic carbocycles. The second kappa shape index (κ2) is 6.72. The fraction of sp³-hybridized carbons (Fsp3) is 0.105. The van der Waals surface area contributed by atoms with Crippen LogP contribution in [0.4, 0.5) is 0 Å². The van der Waals surface area contributed by atoms with Crippen LogP contribution in [0.5, 0.6) is 0 Å². The summed E-state index contributed by atoms with van der Waals surface area (Å²) >= 11 is 6.92. The van der Waals surface area contributed by atoms with Crippen LogP contribution in [0.2, 0.25) is 6.55 Å². The molecule has 1 atom stereocenters. The number of hydrogen-bond donors (Lipinski definition) is 0. The van der Waals surface area contributed by atoms with Gasteiger partial charge in [-0.3, -0.25) is 0 Å². The van der Waals surface area contributed by atoms with E-state index in [0.29, 0.717) is 0 Å². The molecule has 24 heavy (non-hydrogen) atoms. The van der Waals surface area contributed by atoms with Crippen molar-refractivity contribution in [3.05, 3.63) is 60.2 Å². The van der Waals surface area contributed by atoms with E-state index in [0.717, 1.165) is 6.42 Å². The van der Waals surface area contributed by atoms with Crippen LogP contribution in [0.3, 0.4) is 0 Å². The van der Waals surface area contributed by atoms with Crippen molar-refractivity contribution < 1.29 is 46.5 Å². The van der Waals surface area contributed by atoms with Gasteiger partial charge in [0.15, 0.2) is 7.38 Å². The molecule has 0 saturated heterocycles. The summed E-state index contributed by atoms with van der Waals surface area (Å²) in [5.74, 6) is 0. The van der Waals surface area contributed by atoms with Crippen molar-refractivity contribution in [1.82, 2.24) is 0 Å². The van der Waals surface area contributed by atoms with Gasteiger partial charge in [0.05, 0.1) is 0 Å². The molecular weight excluding hydrogens is 411 g/mol. The normalized spacial score (nSPS) is 20.0. The molecule has 1 radical (unpaired) electrons. The van der Waals surface area contributed by atoms with Crippen LogP contribution >= 0.6 is 11.1 Å². The summed E-state index contributed by atoms with van der Waals surface area (Å²) in [7, 11) is -1.83. The van der Waals surface area contributed by atoms with Crippen molar-refractivity contribution in [3.63, 3.8) is 0 Å². The molecule has 5 rings (SSSR count). The average Bonchev–Trinajstić information content (AvgIpc) is 2.93. The van der Waals surface area contributed by atoms with E-state index in [2.05, 4.69) is 61.2 Å². The fourth-order valence-electron chi connectivity index (χ4n) is 3.85. The second-order valence-corrected chi connectivity index (χ2v) is 11.5. The average molecular weight is 425 g/mol. The van der Waals surface area contributed by atoms with Gasteiger partial charge in [0.1, 0.15) is 0 Å². The van der Waals surface area contributed by atoms with Gasteiger partial charge in [-0.1, -0.05) is 59.4 Å². The van der Waals surface area contributed by atoms with Crippen molar-refractivity contribution in [2.45, 2.75) is 13.0 Å². The summed E-state index contributed by atoms with van der Waals surface area (Å²) in [6.45, 7) is 2.27. The molecule has 1 heterocycles. The Morgan fingerprint density at radius 1 is 1.08 bits per heavy atom. The van der Waals surface area contributed by atoms with E-state index in [1.165, 1.54) is 43.1 Å². The molecule has 3 aromatic carbocycles. The third-order valence-corrected chi connectivity index (χ3v) is 8.71. The minimum atomic E-state index is -1.83. The van der Waals surface area contributed by atoms with Gasteiger partial charge in [0.25, 0.3) is 0 Å². The SMILES string of the molecule is C[Si]1(Cl)c2c(C3=CC=CC3)cc3c([cH-]c4ccccc43)c21.[Cl-].[Cl-].[Ti+3]. The predicted molar refractivity (Wildman–Crippen MR) is 95.5 cm³/mol. The van der Waals surface area contributed by atoms with Gasteiger partial charge in [-0.25, -0.2) is 0 Å². The molecule has 2 aliphatic rings. The molecule has 0 bridgehead atoms. The Kier molecular flexibility index (Phi) is 5.57. The van der Waals surface area contributed by atoms with Crippen molar-refractivity contribution in [2.75, 3.05) is 0 Å². The Labute approximate surface area is 174 Å². The Morgan fingerprint density at radius 2 is 1.83 bits per heavy atom. The number of hydrogen-bond acceptors (Lipinski definition) is 0. The maximum atomic E-state index is 6.92. The smallest absolute Gasteiger partial charge is 1.00 e. The molecule has 119 valence electrons. The molecule has 0 amide bonds. The summed E-state index contributed by atoms with van der Waals surface area (Å²) < 4.78 is 0. The predicted octanol–water partition coefficient (Wildman–Crippen LogP) is -1.70. The Hall–Kier alpha value is -0.409. The first-order valence-electron chi connectivity index (χ1n) is 7.39. The van der Waals surface area contributed by atoms with E-state index in [4.69, 9.17) is 11.1 Å². The second-order valence-electron chi connectivity index (χ2n) is 6.19. The number of benzene rings is 2. The van der Waals surface area contributed by atoms with Gasteiger partial charge in [-0.15, -0.1) is 33.7 Å². The van der Waals surface area contributed by atoms with Gasteiger partial charge in [0, 0.05) is 0 Å². The molecule has 0 fully saturated rings. The zero-order valence-electron chi connectivity index (χ0n) is 13.0. The zero-order valence-corrected chi connectivity index (χ0v) is 17.9. The molecule has 5 heteroatoms. The molecule has 0 spiro atoms. The number of allylic oxidation sites excluding steroid dienone is 4. The van der Waals surface area contributed by atoms with Gasteiger partial charge in [-0.2, -0.15) is 11.1 Å². The molecular formula is C19H14Cl3SiTi. The third kappa shape index (κ3) is 2.58. The Bertz CT molecular complexity index is 999. The van der Waals surface area contributed by atoms with Crippen molar-refractivity contribution in [1.29, 1.82) is 0 Å². The molecule has 0 N–H and O–H groups in total. The summed E-state index contributed by atoms with van der Waals surface area (Å²) in [5, 5.41) is 8.41. The van der Waals surface area contributed by atoms with E-state index in [1.54, 1.807) is 0 Å². The van der Waals surface area contributed by atoms with Crippen LogP contribution in [-0.4, -0.2) is 7.38 Å². The largest absolute Gasteiger partial charge is 3.00 e. The molecule has 1 unspecified atom stereocenters. The van der Waals surface area contributed by atoms with Gasteiger partial charge < -0.3 is 24.8 Å². The van der Waals surface area contributed by atoms with E-state index in [-0.39, 0.29) is 46.5 Å². The third-order valence-electron chi connectivity index (χ3n) is 4.91. The van der Waals surface area contributed by atoms with Crippen LogP contribution in [0.1, 0.15) is 12.0 Å². The maximum Gasteiger partial charge on any atom is 3.00 e. The minimum Gasteiger partial charge on any atom is -1.00 e.